The molecule has 0 aliphatic heterocycles. The summed E-state index contributed by atoms with van der Waals surface area (Å²) < 4.78 is 58.2. The molecule has 1 N–H and O–H groups in total. The largest absolute Gasteiger partial charge is 0.459 e. The zero-order valence-electron chi connectivity index (χ0n) is 13.3. The van der Waals surface area contributed by atoms with E-state index >= 15 is 0 Å². The summed E-state index contributed by atoms with van der Waals surface area (Å²) in [6.45, 7) is 0.103. The first-order valence-corrected chi connectivity index (χ1v) is 7.55. The van der Waals surface area contributed by atoms with Gasteiger partial charge in [0.15, 0.2) is 0 Å². The first-order chi connectivity index (χ1) is 12.4. The highest BCUT2D eigenvalue weighted by atomic mass is 19.4. The van der Waals surface area contributed by atoms with Crippen molar-refractivity contribution in [2.24, 2.45) is 0 Å². The lowest BCUT2D eigenvalue weighted by atomic mass is 10.2. The minimum absolute atomic E-state index is 0.103. The minimum Gasteiger partial charge on any atom is -0.459 e. The number of halogens is 4. The number of rotatable bonds is 5. The van der Waals surface area contributed by atoms with Gasteiger partial charge in [0.2, 0.25) is 0 Å². The molecule has 0 bridgehead atoms. The van der Waals surface area contributed by atoms with E-state index in [9.17, 15) is 17.6 Å². The number of ether oxygens (including phenoxy) is 1. The van der Waals surface area contributed by atoms with E-state index in [1.807, 2.05) is 18.2 Å². The number of alkyl halides is 3. The highest BCUT2D eigenvalue weighted by Gasteiger charge is 2.35. The molecule has 0 aliphatic rings. The number of nitrogens with zero attached hydrogens (tertiary/aromatic N) is 2. The third kappa shape index (κ3) is 4.47. The van der Waals surface area contributed by atoms with E-state index in [0.717, 1.165) is 11.6 Å². The number of hydrogen-bond acceptors (Lipinski definition) is 4. The lowest BCUT2D eigenvalue weighted by molar-refractivity contribution is -0.137. The smallest absolute Gasteiger partial charge is 0.421 e. The molecule has 0 saturated heterocycles. The van der Waals surface area contributed by atoms with Crippen LogP contribution < -0.4 is 10.1 Å². The van der Waals surface area contributed by atoms with Gasteiger partial charge >= 0.3 is 12.2 Å². The number of nitrogens with one attached hydrogen (secondary N) is 1. The normalized spacial score (nSPS) is 11.2. The Hall–Kier alpha value is -3.16. The Kier molecular flexibility index (Phi) is 5.01. The molecule has 0 aliphatic carbocycles. The highest BCUT2D eigenvalue weighted by Crippen LogP contribution is 2.35. The zero-order chi connectivity index (χ0) is 18.6. The lowest BCUT2D eigenvalue weighted by Gasteiger charge is -2.14. The van der Waals surface area contributed by atoms with Crippen molar-refractivity contribution in [3.05, 3.63) is 77.7 Å². The summed E-state index contributed by atoms with van der Waals surface area (Å²) in [6, 6.07) is 13.9. The molecule has 0 amide bonds. The van der Waals surface area contributed by atoms with Crippen LogP contribution in [-0.4, -0.2) is 9.97 Å². The van der Waals surface area contributed by atoms with E-state index < -0.39 is 23.4 Å². The monoisotopic (exact) mass is 363 g/mol. The van der Waals surface area contributed by atoms with E-state index in [2.05, 4.69) is 15.3 Å². The molecular weight excluding hydrogens is 350 g/mol. The van der Waals surface area contributed by atoms with Crippen molar-refractivity contribution in [3.8, 4) is 6.01 Å². The molecule has 3 aromatic rings. The maximum Gasteiger partial charge on any atom is 0.421 e. The fraction of sp³-hybridized carbons (Fsp3) is 0.111. The summed E-state index contributed by atoms with van der Waals surface area (Å²) in [4.78, 5) is 7.40. The van der Waals surface area contributed by atoms with Crippen molar-refractivity contribution in [3.63, 3.8) is 0 Å². The quantitative estimate of drug-likeness (QED) is 0.651. The Morgan fingerprint density at radius 2 is 1.77 bits per heavy atom. The van der Waals surface area contributed by atoms with E-state index in [-0.39, 0.29) is 18.3 Å². The van der Waals surface area contributed by atoms with Gasteiger partial charge in [-0.25, -0.2) is 9.37 Å². The summed E-state index contributed by atoms with van der Waals surface area (Å²) in [6.07, 6.45) is -4.04. The minimum atomic E-state index is -4.67. The van der Waals surface area contributed by atoms with Crippen LogP contribution >= 0.6 is 0 Å². The number of benzene rings is 2. The van der Waals surface area contributed by atoms with Crippen molar-refractivity contribution < 1.29 is 22.3 Å². The van der Waals surface area contributed by atoms with Gasteiger partial charge in [-0.3, -0.25) is 0 Å². The van der Waals surface area contributed by atoms with Gasteiger partial charge < -0.3 is 10.1 Å². The molecule has 26 heavy (non-hydrogen) atoms. The Morgan fingerprint density at radius 3 is 2.46 bits per heavy atom. The van der Waals surface area contributed by atoms with Crippen molar-refractivity contribution >= 4 is 11.5 Å². The van der Waals surface area contributed by atoms with Crippen LogP contribution in [0.3, 0.4) is 0 Å². The van der Waals surface area contributed by atoms with Gasteiger partial charge in [0.25, 0.3) is 0 Å². The molecule has 1 aromatic heterocycles. The van der Waals surface area contributed by atoms with Crippen molar-refractivity contribution in [2.75, 3.05) is 5.32 Å². The lowest BCUT2D eigenvalue weighted by Crippen LogP contribution is -2.12. The number of anilines is 2. The van der Waals surface area contributed by atoms with E-state index in [0.29, 0.717) is 6.20 Å². The van der Waals surface area contributed by atoms with Crippen LogP contribution in [0.15, 0.2) is 60.8 Å². The van der Waals surface area contributed by atoms with Crippen LogP contribution in [0.1, 0.15) is 11.1 Å². The van der Waals surface area contributed by atoms with Gasteiger partial charge in [-0.15, -0.1) is 0 Å². The first kappa shape index (κ1) is 17.7. The van der Waals surface area contributed by atoms with Crippen LogP contribution in [0.25, 0.3) is 0 Å². The SMILES string of the molecule is Fc1cccc(Nc2nc(OCc3ccccc3)ncc2C(F)(F)F)c1. The second-order valence-corrected chi connectivity index (χ2v) is 5.32. The number of hydrogen-bond donors (Lipinski definition) is 1. The number of aromatic nitrogens is 2. The van der Waals surface area contributed by atoms with Gasteiger partial charge in [0, 0.05) is 11.9 Å². The molecule has 0 saturated carbocycles. The summed E-state index contributed by atoms with van der Waals surface area (Å²) in [5, 5.41) is 2.47. The molecule has 0 spiro atoms. The van der Waals surface area contributed by atoms with E-state index in [1.54, 1.807) is 12.1 Å². The highest BCUT2D eigenvalue weighted by molar-refractivity contribution is 5.59. The molecule has 3 rings (SSSR count). The Morgan fingerprint density at radius 1 is 1.00 bits per heavy atom. The molecule has 4 nitrogen and oxygen atoms in total. The van der Waals surface area contributed by atoms with E-state index in [1.165, 1.54) is 18.2 Å². The molecule has 2 aromatic carbocycles. The third-order valence-corrected chi connectivity index (χ3v) is 3.37. The molecule has 1 heterocycles. The molecular formula is C18H13F4N3O. The zero-order valence-corrected chi connectivity index (χ0v) is 13.3. The fourth-order valence-corrected chi connectivity index (χ4v) is 2.16. The molecule has 0 unspecified atom stereocenters. The van der Waals surface area contributed by atoms with Crippen LogP contribution in [0.4, 0.5) is 29.1 Å². The van der Waals surface area contributed by atoms with Gasteiger partial charge in [-0.05, 0) is 23.8 Å². The van der Waals surface area contributed by atoms with Gasteiger partial charge in [-0.1, -0.05) is 36.4 Å². The summed E-state index contributed by atoms with van der Waals surface area (Å²) in [5.74, 6) is -1.10. The van der Waals surface area contributed by atoms with Crippen molar-refractivity contribution in [1.29, 1.82) is 0 Å². The summed E-state index contributed by atoms with van der Waals surface area (Å²) in [7, 11) is 0. The second-order valence-electron chi connectivity index (χ2n) is 5.32. The Labute approximate surface area is 146 Å². The molecule has 0 radical (unpaired) electrons. The molecule has 0 atom stereocenters. The predicted octanol–water partition coefficient (Wildman–Crippen LogP) is 4.96. The van der Waals surface area contributed by atoms with Crippen LogP contribution in [0, 0.1) is 5.82 Å². The average molecular weight is 363 g/mol. The average Bonchev–Trinajstić information content (AvgIpc) is 2.60. The third-order valence-electron chi connectivity index (χ3n) is 3.37. The second kappa shape index (κ2) is 7.38. The van der Waals surface area contributed by atoms with E-state index in [4.69, 9.17) is 4.74 Å². The fourth-order valence-electron chi connectivity index (χ4n) is 2.16. The molecule has 8 heteroatoms. The van der Waals surface area contributed by atoms with Crippen LogP contribution in [0.5, 0.6) is 6.01 Å². The summed E-state index contributed by atoms with van der Waals surface area (Å²) in [5.41, 5.74) is -0.132. The van der Waals surface area contributed by atoms with Crippen molar-refractivity contribution in [1.82, 2.24) is 9.97 Å². The Balaban J connectivity index is 1.86. The maximum absolute atomic E-state index is 13.3. The van der Waals surface area contributed by atoms with Crippen LogP contribution in [-0.2, 0) is 12.8 Å². The molecule has 0 fully saturated rings. The van der Waals surface area contributed by atoms with Crippen LogP contribution in [0.2, 0.25) is 0 Å². The summed E-state index contributed by atoms with van der Waals surface area (Å²) >= 11 is 0. The maximum atomic E-state index is 13.3. The molecule has 134 valence electrons. The Bertz CT molecular complexity index is 885. The first-order valence-electron chi connectivity index (χ1n) is 7.55. The van der Waals surface area contributed by atoms with Gasteiger partial charge in [-0.2, -0.15) is 18.2 Å². The van der Waals surface area contributed by atoms with Crippen molar-refractivity contribution in [2.45, 2.75) is 12.8 Å². The predicted molar refractivity (Wildman–Crippen MR) is 87.5 cm³/mol. The van der Waals surface area contributed by atoms with Gasteiger partial charge in [0.05, 0.1) is 0 Å². The topological polar surface area (TPSA) is 47.0 Å². The standard InChI is InChI=1S/C18H13F4N3O/c19-13-7-4-8-14(9-13)24-16-15(18(20,21)22)10-23-17(25-16)26-11-12-5-2-1-3-6-12/h1-10H,11H2,(H,23,24,25). The van der Waals surface area contributed by atoms with Gasteiger partial charge in [0.1, 0.15) is 23.8 Å².